The van der Waals surface area contributed by atoms with Crippen LogP contribution in [0.4, 0.5) is 0 Å². The molecular weight excluding hydrogens is 552 g/mol. The monoisotopic (exact) mass is 586 g/mol. The minimum absolute atomic E-state index is 0.0244. The molecule has 13 nitrogen and oxygen atoms in total. The number of nitrogens with two attached hydrogens (primary N) is 1. The number of morpholine rings is 1. The molecule has 2 amide bonds. The second-order valence-corrected chi connectivity index (χ2v) is 11.9. The number of sulfonamides is 1. The number of aliphatic carboxylic acids is 1. The fourth-order valence-electron chi connectivity index (χ4n) is 4.79. The summed E-state index contributed by atoms with van der Waals surface area (Å²) in [6.45, 7) is 1.45. The Morgan fingerprint density at radius 2 is 1.76 bits per heavy atom. The molecule has 0 radical (unpaired) electrons. The molecule has 0 bridgehead atoms. The van der Waals surface area contributed by atoms with Gasteiger partial charge in [-0.25, -0.2) is 8.42 Å². The van der Waals surface area contributed by atoms with E-state index < -0.39 is 51.8 Å². The highest BCUT2D eigenvalue weighted by Crippen LogP contribution is 2.46. The highest BCUT2D eigenvalue weighted by Gasteiger charge is 2.55. The Hall–Kier alpha value is -4.01. The zero-order valence-electron chi connectivity index (χ0n) is 22.6. The van der Waals surface area contributed by atoms with Crippen LogP contribution in [-0.4, -0.2) is 86.1 Å². The Balaban J connectivity index is 1.50. The van der Waals surface area contributed by atoms with Gasteiger partial charge in [-0.05, 0) is 48.9 Å². The van der Waals surface area contributed by atoms with Crippen molar-refractivity contribution in [3.8, 4) is 11.1 Å². The predicted octanol–water partition coefficient (Wildman–Crippen LogP) is 0.587. The van der Waals surface area contributed by atoms with Gasteiger partial charge in [0.05, 0.1) is 17.6 Å². The number of carbonyl (C=O) groups is 3. The smallest absolute Gasteiger partial charge is 0.324 e. The van der Waals surface area contributed by atoms with Crippen molar-refractivity contribution in [1.29, 1.82) is 5.41 Å². The first-order chi connectivity index (χ1) is 19.4. The highest BCUT2D eigenvalue weighted by molar-refractivity contribution is 7.89. The molecule has 2 atom stereocenters. The van der Waals surface area contributed by atoms with Gasteiger partial charge in [0.1, 0.15) is 12.0 Å². The topological polar surface area (TPSA) is 195 Å². The van der Waals surface area contributed by atoms with Crippen LogP contribution in [0.25, 0.3) is 11.1 Å². The fourth-order valence-corrected chi connectivity index (χ4v) is 5.82. The minimum Gasteiger partial charge on any atom is -0.480 e. The number of ether oxygens (including phenoxy) is 1. The van der Waals surface area contributed by atoms with E-state index in [0.717, 1.165) is 11.1 Å². The van der Waals surface area contributed by atoms with Crippen molar-refractivity contribution in [1.82, 2.24) is 20.1 Å². The van der Waals surface area contributed by atoms with E-state index in [1.54, 1.807) is 17.0 Å². The third kappa shape index (κ3) is 7.01. The van der Waals surface area contributed by atoms with Crippen molar-refractivity contribution in [2.45, 2.75) is 30.8 Å². The summed E-state index contributed by atoms with van der Waals surface area (Å²) in [5, 5.41) is 20.3. The van der Waals surface area contributed by atoms with Gasteiger partial charge in [-0.3, -0.25) is 24.8 Å². The molecule has 2 fully saturated rings. The lowest BCUT2D eigenvalue weighted by atomic mass is 9.82. The average molecular weight is 587 g/mol. The van der Waals surface area contributed by atoms with Crippen molar-refractivity contribution < 1.29 is 32.6 Å². The average Bonchev–Trinajstić information content (AvgIpc) is 3.81. The van der Waals surface area contributed by atoms with E-state index in [9.17, 15) is 27.9 Å². The van der Waals surface area contributed by atoms with Gasteiger partial charge in [-0.1, -0.05) is 42.5 Å². The summed E-state index contributed by atoms with van der Waals surface area (Å²) < 4.78 is 32.1. The molecule has 0 spiro atoms. The van der Waals surface area contributed by atoms with Crippen LogP contribution in [0.3, 0.4) is 0 Å². The van der Waals surface area contributed by atoms with Crippen molar-refractivity contribution in [3.63, 3.8) is 0 Å². The van der Waals surface area contributed by atoms with Gasteiger partial charge >= 0.3 is 5.97 Å². The lowest BCUT2D eigenvalue weighted by Gasteiger charge is -2.35. The summed E-state index contributed by atoms with van der Waals surface area (Å²) in [5.41, 5.74) is 5.47. The molecule has 220 valence electrons. The molecule has 1 saturated carbocycles. The van der Waals surface area contributed by atoms with Crippen LogP contribution in [0.5, 0.6) is 0 Å². The Morgan fingerprint density at radius 1 is 1.12 bits per heavy atom. The second-order valence-electron chi connectivity index (χ2n) is 10.3. The van der Waals surface area contributed by atoms with Gasteiger partial charge in [0.25, 0.3) is 15.9 Å². The first-order valence-corrected chi connectivity index (χ1v) is 14.6. The molecule has 6 N–H and O–H groups in total. The molecular formula is C27H34N6O7S. The molecule has 14 heteroatoms. The number of rotatable bonds is 11. The lowest BCUT2D eigenvalue weighted by Crippen LogP contribution is -2.59. The van der Waals surface area contributed by atoms with E-state index in [2.05, 4.69) is 10.1 Å². The molecule has 1 saturated heterocycles. The normalized spacial score (nSPS) is 18.7. The Labute approximate surface area is 238 Å². The first-order valence-electron chi connectivity index (χ1n) is 13.1. The number of guanidine groups is 1. The number of hydrazine groups is 1. The maximum absolute atomic E-state index is 13.8. The van der Waals surface area contributed by atoms with Crippen molar-refractivity contribution in [3.05, 3.63) is 54.6 Å². The highest BCUT2D eigenvalue weighted by atomic mass is 32.2. The van der Waals surface area contributed by atoms with Crippen LogP contribution in [0.2, 0.25) is 0 Å². The van der Waals surface area contributed by atoms with Gasteiger partial charge in [0.2, 0.25) is 5.91 Å². The quantitative estimate of drug-likeness (QED) is 0.108. The molecule has 0 aromatic heterocycles. The van der Waals surface area contributed by atoms with Gasteiger partial charge in [0, 0.05) is 19.6 Å². The van der Waals surface area contributed by atoms with E-state index >= 15 is 0 Å². The Kier molecular flexibility index (Phi) is 8.95. The molecule has 1 aliphatic heterocycles. The number of nitrogens with zero attached hydrogens (tertiary/aromatic N) is 2. The third-order valence-corrected chi connectivity index (χ3v) is 8.67. The number of carbonyl (C=O) groups excluding carboxylic acids is 2. The van der Waals surface area contributed by atoms with Crippen molar-refractivity contribution in [2.75, 3.05) is 32.8 Å². The molecule has 1 heterocycles. The number of benzene rings is 2. The van der Waals surface area contributed by atoms with Gasteiger partial charge < -0.3 is 25.8 Å². The maximum Gasteiger partial charge on any atom is 0.324 e. The zero-order chi connectivity index (χ0) is 29.8. The van der Waals surface area contributed by atoms with Crippen LogP contribution < -0.4 is 15.9 Å². The molecule has 41 heavy (non-hydrogen) atoms. The van der Waals surface area contributed by atoms with Gasteiger partial charge in [0.15, 0.2) is 5.96 Å². The summed E-state index contributed by atoms with van der Waals surface area (Å²) in [6.07, 6.45) is 0.604. The summed E-state index contributed by atoms with van der Waals surface area (Å²) in [6, 6.07) is 15.2. The molecule has 2 aromatic carbocycles. The summed E-state index contributed by atoms with van der Waals surface area (Å²) in [7, 11) is -4.38. The van der Waals surface area contributed by atoms with Gasteiger partial charge in [-0.15, -0.1) is 4.83 Å². The zero-order valence-corrected chi connectivity index (χ0v) is 23.4. The first kappa shape index (κ1) is 30.0. The van der Waals surface area contributed by atoms with E-state index in [1.807, 2.05) is 30.3 Å². The lowest BCUT2D eigenvalue weighted by molar-refractivity contribution is -0.157. The van der Waals surface area contributed by atoms with Crippen molar-refractivity contribution in [2.24, 2.45) is 17.1 Å². The number of hydrogen-bond acceptors (Lipinski definition) is 7. The minimum atomic E-state index is -4.38. The van der Waals surface area contributed by atoms with Gasteiger partial charge in [-0.2, -0.15) is 0 Å². The van der Waals surface area contributed by atoms with Crippen LogP contribution in [0.15, 0.2) is 59.5 Å². The Morgan fingerprint density at radius 3 is 2.34 bits per heavy atom. The van der Waals surface area contributed by atoms with Crippen LogP contribution in [0.1, 0.15) is 19.8 Å². The fraction of sp³-hybridized carbons (Fsp3) is 0.407. The maximum atomic E-state index is 13.8. The van der Waals surface area contributed by atoms with Crippen LogP contribution in [0, 0.1) is 16.7 Å². The number of amides is 2. The molecule has 0 unspecified atom stereocenters. The third-order valence-electron chi connectivity index (χ3n) is 7.32. The Bertz CT molecular complexity index is 1400. The van der Waals surface area contributed by atoms with Crippen molar-refractivity contribution >= 4 is 33.8 Å². The number of carboxylic acid groups (broad SMARTS) is 1. The largest absolute Gasteiger partial charge is 0.480 e. The number of carboxylic acids is 1. The summed E-state index contributed by atoms with van der Waals surface area (Å²) in [5.74, 6) is -3.62. The van der Waals surface area contributed by atoms with E-state index in [-0.39, 0.29) is 23.9 Å². The van der Waals surface area contributed by atoms with E-state index in [4.69, 9.17) is 15.9 Å². The molecule has 4 rings (SSSR count). The predicted molar refractivity (Wildman–Crippen MR) is 149 cm³/mol. The summed E-state index contributed by atoms with van der Waals surface area (Å²) >= 11 is 0. The summed E-state index contributed by atoms with van der Waals surface area (Å²) in [4.78, 5) is 42.4. The van der Waals surface area contributed by atoms with E-state index in [1.165, 1.54) is 19.1 Å². The van der Waals surface area contributed by atoms with Crippen LogP contribution >= 0.6 is 0 Å². The standard InChI is InChI=1S/C27H34N6O7S/c1-27(20-9-10-20,24(36)30-15-21-16-32(26(28)29)13-14-40-21)25(37)33(17-23(34)35)31-41(38,39)22-11-7-19(8-12-22)18-5-3-2-4-6-18/h2-8,11-12,20-21,31H,9-10,13-17H2,1H3,(H3,28,29)(H,30,36)(H,34,35)/t21-,27-/m0/s1. The molecule has 2 aromatic rings. The molecule has 2 aliphatic rings. The molecule has 1 aliphatic carbocycles. The number of nitrogens with one attached hydrogen (secondary N) is 3. The number of hydrogen-bond donors (Lipinski definition) is 5. The second kappa shape index (κ2) is 12.2. The van der Waals surface area contributed by atoms with Crippen LogP contribution in [-0.2, 0) is 29.1 Å². The van der Waals surface area contributed by atoms with E-state index in [0.29, 0.717) is 31.0 Å². The SMILES string of the molecule is C[C@](C(=O)NC[C@H]1CN(C(=N)N)CCO1)(C(=O)N(CC(=O)O)NS(=O)(=O)c1ccc(-c2ccccc2)cc1)C1CC1.